The maximum absolute atomic E-state index is 13.0. The lowest BCUT2D eigenvalue weighted by Gasteiger charge is -2.42. The van der Waals surface area contributed by atoms with Crippen molar-refractivity contribution in [2.24, 2.45) is 0 Å². The van der Waals surface area contributed by atoms with E-state index in [-0.39, 0.29) is 17.0 Å². The van der Waals surface area contributed by atoms with Gasteiger partial charge in [-0.25, -0.2) is 9.78 Å². The van der Waals surface area contributed by atoms with Gasteiger partial charge in [0.05, 0.1) is 5.56 Å². The lowest BCUT2D eigenvalue weighted by Crippen LogP contribution is -2.55. The number of pyridine rings is 1. The summed E-state index contributed by atoms with van der Waals surface area (Å²) in [4.78, 5) is 19.7. The third-order valence-corrected chi connectivity index (χ3v) is 4.20. The van der Waals surface area contributed by atoms with Gasteiger partial charge in [0.15, 0.2) is 0 Å². The highest BCUT2D eigenvalue weighted by Gasteiger charge is 2.35. The topological polar surface area (TPSA) is 45.7 Å². The van der Waals surface area contributed by atoms with Crippen LogP contribution < -0.4 is 4.90 Å². The maximum Gasteiger partial charge on any atom is 0.416 e. The summed E-state index contributed by atoms with van der Waals surface area (Å²) in [6.07, 6.45) is -4.29. The first-order valence-corrected chi connectivity index (χ1v) is 8.78. The minimum atomic E-state index is -4.50. The summed E-state index contributed by atoms with van der Waals surface area (Å²) < 4.78 is 44.5. The van der Waals surface area contributed by atoms with Crippen molar-refractivity contribution in [1.82, 2.24) is 9.88 Å². The number of piperazine rings is 1. The second kappa shape index (κ2) is 7.50. The van der Waals surface area contributed by atoms with E-state index in [0.29, 0.717) is 26.1 Å². The molecule has 0 bridgehead atoms. The van der Waals surface area contributed by atoms with E-state index in [2.05, 4.69) is 4.98 Å². The van der Waals surface area contributed by atoms with Crippen LogP contribution in [0.15, 0.2) is 12.1 Å². The minimum absolute atomic E-state index is 0.167. The molecule has 1 unspecified atom stereocenters. The van der Waals surface area contributed by atoms with Crippen molar-refractivity contribution in [2.75, 3.05) is 24.5 Å². The van der Waals surface area contributed by atoms with Crippen LogP contribution in [0, 0.1) is 0 Å². The largest absolute Gasteiger partial charge is 0.444 e. The van der Waals surface area contributed by atoms with E-state index in [1.807, 2.05) is 6.92 Å². The Morgan fingerprint density at radius 1 is 1.31 bits per heavy atom. The van der Waals surface area contributed by atoms with Gasteiger partial charge < -0.3 is 14.5 Å². The Bertz CT molecular complexity index is 662. The van der Waals surface area contributed by atoms with E-state index in [4.69, 9.17) is 16.3 Å². The van der Waals surface area contributed by atoms with E-state index in [9.17, 15) is 18.0 Å². The number of anilines is 1. The molecule has 1 fully saturated rings. The lowest BCUT2D eigenvalue weighted by atomic mass is 10.1. The summed E-state index contributed by atoms with van der Waals surface area (Å²) in [6, 6.07) is 1.63. The van der Waals surface area contributed by atoms with Crippen molar-refractivity contribution < 1.29 is 22.7 Å². The van der Waals surface area contributed by atoms with Gasteiger partial charge in [-0.15, -0.1) is 0 Å². The quantitative estimate of drug-likeness (QED) is 0.689. The highest BCUT2D eigenvalue weighted by atomic mass is 35.5. The maximum atomic E-state index is 13.0. The van der Waals surface area contributed by atoms with E-state index in [0.717, 1.165) is 12.1 Å². The second-order valence-corrected chi connectivity index (χ2v) is 7.60. The molecule has 1 aliphatic rings. The summed E-state index contributed by atoms with van der Waals surface area (Å²) in [6.45, 7) is 8.29. The molecule has 0 aliphatic carbocycles. The average Bonchev–Trinajstić information content (AvgIpc) is 2.51. The zero-order valence-corrected chi connectivity index (χ0v) is 16.0. The predicted molar refractivity (Wildman–Crippen MR) is 93.5 cm³/mol. The number of rotatable bonds is 2. The normalized spacial score (nSPS) is 18.8. The molecular formula is C17H23ClF3N3O2. The summed E-state index contributed by atoms with van der Waals surface area (Å²) in [7, 11) is 0. The van der Waals surface area contributed by atoms with Crippen LogP contribution in [-0.4, -0.2) is 47.3 Å². The number of aromatic nitrogens is 1. The van der Waals surface area contributed by atoms with Gasteiger partial charge in [0, 0.05) is 25.7 Å². The first-order chi connectivity index (χ1) is 11.9. The standard InChI is InChI=1S/C17H23ClF3N3O2/c1-5-12-10-23(15(25)26-16(2,3)4)6-7-24(12)14-9-11(17(19,20)21)8-13(18)22-14/h8-9,12H,5-7,10H2,1-4H3. The molecule has 0 saturated carbocycles. The molecule has 1 atom stereocenters. The summed E-state index contributed by atoms with van der Waals surface area (Å²) in [5.41, 5.74) is -1.44. The number of ether oxygens (including phenoxy) is 1. The van der Waals surface area contributed by atoms with Crippen LogP contribution in [0.1, 0.15) is 39.7 Å². The van der Waals surface area contributed by atoms with Gasteiger partial charge in [-0.3, -0.25) is 0 Å². The smallest absolute Gasteiger partial charge is 0.416 e. The number of halogens is 4. The molecular weight excluding hydrogens is 371 g/mol. The molecule has 146 valence electrons. The molecule has 1 aliphatic heterocycles. The Morgan fingerprint density at radius 2 is 1.96 bits per heavy atom. The fraction of sp³-hybridized carbons (Fsp3) is 0.647. The molecule has 0 spiro atoms. The summed E-state index contributed by atoms with van der Waals surface area (Å²) >= 11 is 5.80. The Balaban J connectivity index is 2.20. The van der Waals surface area contributed by atoms with Crippen molar-refractivity contribution >= 4 is 23.5 Å². The van der Waals surface area contributed by atoms with Crippen LogP contribution in [0.2, 0.25) is 5.15 Å². The molecule has 2 heterocycles. The number of alkyl halides is 3. The first-order valence-electron chi connectivity index (χ1n) is 8.40. The summed E-state index contributed by atoms with van der Waals surface area (Å²) in [5.74, 6) is 0.167. The van der Waals surface area contributed by atoms with Gasteiger partial charge >= 0.3 is 12.3 Å². The number of carbonyl (C=O) groups is 1. The molecule has 1 aromatic heterocycles. The Hall–Kier alpha value is -1.70. The van der Waals surface area contributed by atoms with Crippen LogP contribution in [0.25, 0.3) is 0 Å². The van der Waals surface area contributed by atoms with Crippen LogP contribution >= 0.6 is 11.6 Å². The molecule has 26 heavy (non-hydrogen) atoms. The van der Waals surface area contributed by atoms with Crippen LogP contribution in [0.5, 0.6) is 0 Å². The van der Waals surface area contributed by atoms with Crippen LogP contribution in [0.3, 0.4) is 0 Å². The molecule has 1 amide bonds. The van der Waals surface area contributed by atoms with Gasteiger partial charge in [-0.1, -0.05) is 18.5 Å². The molecule has 1 aromatic rings. The predicted octanol–water partition coefficient (Wildman–Crippen LogP) is 4.59. The zero-order chi connectivity index (χ0) is 19.7. The van der Waals surface area contributed by atoms with E-state index in [1.165, 1.54) is 0 Å². The molecule has 2 rings (SSSR count). The Labute approximate surface area is 156 Å². The number of nitrogens with zero attached hydrogens (tertiary/aromatic N) is 3. The third kappa shape index (κ3) is 5.16. The van der Waals surface area contributed by atoms with Crippen LogP contribution in [0.4, 0.5) is 23.8 Å². The molecule has 0 aromatic carbocycles. The number of carbonyl (C=O) groups excluding carboxylic acids is 1. The molecule has 1 saturated heterocycles. The third-order valence-electron chi connectivity index (χ3n) is 4.01. The fourth-order valence-electron chi connectivity index (χ4n) is 2.79. The van der Waals surface area contributed by atoms with E-state index in [1.54, 1.807) is 30.6 Å². The highest BCUT2D eigenvalue weighted by molar-refractivity contribution is 6.29. The molecule has 9 heteroatoms. The first kappa shape index (κ1) is 20.6. The fourth-order valence-corrected chi connectivity index (χ4v) is 3.00. The number of hydrogen-bond acceptors (Lipinski definition) is 4. The van der Waals surface area contributed by atoms with Crippen molar-refractivity contribution in [3.63, 3.8) is 0 Å². The lowest BCUT2D eigenvalue weighted by molar-refractivity contribution is -0.137. The van der Waals surface area contributed by atoms with Crippen molar-refractivity contribution in [3.05, 3.63) is 22.8 Å². The van der Waals surface area contributed by atoms with E-state index < -0.39 is 23.4 Å². The highest BCUT2D eigenvalue weighted by Crippen LogP contribution is 2.34. The number of hydrogen-bond donors (Lipinski definition) is 0. The molecule has 0 N–H and O–H groups in total. The summed E-state index contributed by atoms with van der Waals surface area (Å²) in [5, 5.41) is -0.209. The van der Waals surface area contributed by atoms with Gasteiger partial charge in [0.25, 0.3) is 0 Å². The van der Waals surface area contributed by atoms with Gasteiger partial charge in [0.2, 0.25) is 0 Å². The zero-order valence-electron chi connectivity index (χ0n) is 15.2. The monoisotopic (exact) mass is 393 g/mol. The average molecular weight is 394 g/mol. The minimum Gasteiger partial charge on any atom is -0.444 e. The second-order valence-electron chi connectivity index (χ2n) is 7.22. The number of amides is 1. The SMILES string of the molecule is CCC1CN(C(=O)OC(C)(C)C)CCN1c1cc(C(F)(F)F)cc(Cl)n1. The van der Waals surface area contributed by atoms with E-state index >= 15 is 0 Å². The van der Waals surface area contributed by atoms with Gasteiger partial charge in [0.1, 0.15) is 16.6 Å². The Kier molecular flexibility index (Phi) is 5.95. The van der Waals surface area contributed by atoms with Gasteiger partial charge in [-0.2, -0.15) is 13.2 Å². The van der Waals surface area contributed by atoms with Crippen molar-refractivity contribution in [2.45, 2.75) is 51.9 Å². The van der Waals surface area contributed by atoms with Gasteiger partial charge in [-0.05, 0) is 39.3 Å². The van der Waals surface area contributed by atoms with Crippen molar-refractivity contribution in [3.8, 4) is 0 Å². The molecule has 0 radical (unpaired) electrons. The van der Waals surface area contributed by atoms with Crippen LogP contribution in [-0.2, 0) is 10.9 Å². The van der Waals surface area contributed by atoms with Crippen molar-refractivity contribution in [1.29, 1.82) is 0 Å². The molecule has 5 nitrogen and oxygen atoms in total. The Morgan fingerprint density at radius 3 is 2.50 bits per heavy atom.